The van der Waals surface area contributed by atoms with Crippen LogP contribution < -0.4 is 29.6 Å². The molecule has 0 aromatic carbocycles. The summed E-state index contributed by atoms with van der Waals surface area (Å²) in [5.41, 5.74) is 0. The molecule has 0 rings (SSSR count). The molecule has 0 aromatic rings. The summed E-state index contributed by atoms with van der Waals surface area (Å²) in [6, 6.07) is 0. The van der Waals surface area contributed by atoms with Crippen molar-refractivity contribution in [1.82, 2.24) is 0 Å². The molecule has 0 aliphatic heterocycles. The van der Waals surface area contributed by atoms with Crippen LogP contribution in [-0.4, -0.2) is 38.6 Å². The number of unbranched alkanes of at least 4 members (excludes halogenated alkanes) is 6. The van der Waals surface area contributed by atoms with Gasteiger partial charge < -0.3 is 9.29 Å². The molecule has 0 fully saturated rings. The van der Waals surface area contributed by atoms with Gasteiger partial charge in [-0.05, 0) is 19.3 Å². The summed E-state index contributed by atoms with van der Waals surface area (Å²) in [7, 11) is -4.09. The number of hydrogen-bond donors (Lipinski definition) is 0. The zero-order valence-corrected chi connectivity index (χ0v) is 14.7. The Morgan fingerprint density at radius 2 is 1.32 bits per heavy atom. The van der Waals surface area contributed by atoms with E-state index in [0.717, 1.165) is 38.5 Å². The molecule has 0 aliphatic carbocycles. The molecule has 4 nitrogen and oxygen atoms in total. The molecule has 0 amide bonds. The second kappa shape index (κ2) is 15.2. The van der Waals surface area contributed by atoms with Crippen LogP contribution in [0.15, 0.2) is 0 Å². The smallest absolute Gasteiger partial charge is 0.748 e. The molecule has 19 heavy (non-hydrogen) atoms. The minimum atomic E-state index is -4.09. The van der Waals surface area contributed by atoms with Gasteiger partial charge in [-0.1, -0.05) is 32.1 Å². The van der Waals surface area contributed by atoms with E-state index < -0.39 is 10.1 Å². The second-order valence-corrected chi connectivity index (χ2v) is 5.92. The Morgan fingerprint density at radius 3 is 1.84 bits per heavy atom. The quantitative estimate of drug-likeness (QED) is 0.265. The number of hydrogen-bond acceptors (Lipinski definition) is 4. The van der Waals surface area contributed by atoms with Crippen molar-refractivity contribution in [1.29, 1.82) is 0 Å². The van der Waals surface area contributed by atoms with E-state index in [0.29, 0.717) is 19.6 Å². The van der Waals surface area contributed by atoms with Gasteiger partial charge in [-0.15, -0.1) is 0 Å². The van der Waals surface area contributed by atoms with E-state index in [1.807, 2.05) is 0 Å². The van der Waals surface area contributed by atoms with Crippen LogP contribution in [0.3, 0.4) is 0 Å². The number of halogens is 1. The van der Waals surface area contributed by atoms with E-state index in [9.17, 15) is 17.4 Å². The standard InChI is InChI=1S/C12H25FO4S.Na/c13-9-6-4-2-1-3-5-7-10-17-11-8-12-18(14,15)16;/h1-12H2,(H,14,15,16);/q;+1/p-1. The first-order valence-corrected chi connectivity index (χ1v) is 8.21. The summed E-state index contributed by atoms with van der Waals surface area (Å²) in [5.74, 6) is -0.346. The van der Waals surface area contributed by atoms with Gasteiger partial charge >= 0.3 is 29.6 Å². The Morgan fingerprint density at radius 1 is 0.842 bits per heavy atom. The van der Waals surface area contributed by atoms with Crippen LogP contribution in [0.1, 0.15) is 51.4 Å². The first-order chi connectivity index (χ1) is 8.56. The maximum atomic E-state index is 11.8. The molecular weight excluding hydrogens is 282 g/mol. The molecule has 0 unspecified atom stereocenters. The van der Waals surface area contributed by atoms with Crippen LogP contribution in [-0.2, 0) is 14.9 Å². The molecule has 7 heteroatoms. The third-order valence-electron chi connectivity index (χ3n) is 2.61. The fourth-order valence-electron chi connectivity index (χ4n) is 1.62. The molecule has 0 spiro atoms. The number of alkyl halides is 1. The Hall–Kier alpha value is 0.800. The molecule has 0 aromatic heterocycles. The minimum Gasteiger partial charge on any atom is -0.748 e. The Bertz CT molecular complexity index is 273. The van der Waals surface area contributed by atoms with E-state index in [1.165, 1.54) is 0 Å². The molecule has 0 atom stereocenters. The Labute approximate surface area is 138 Å². The van der Waals surface area contributed by atoms with Crippen molar-refractivity contribution >= 4 is 10.1 Å². The van der Waals surface area contributed by atoms with Crippen molar-refractivity contribution in [3.63, 3.8) is 0 Å². The van der Waals surface area contributed by atoms with Gasteiger partial charge in [0.1, 0.15) is 0 Å². The van der Waals surface area contributed by atoms with E-state index in [4.69, 9.17) is 4.74 Å². The molecule has 0 bridgehead atoms. The molecule has 0 radical (unpaired) electrons. The average Bonchev–Trinajstić information content (AvgIpc) is 2.29. The van der Waals surface area contributed by atoms with E-state index in [2.05, 4.69) is 0 Å². The molecule has 110 valence electrons. The van der Waals surface area contributed by atoms with E-state index in [-0.39, 0.29) is 48.4 Å². The van der Waals surface area contributed by atoms with Crippen LogP contribution in [0, 0.1) is 0 Å². The molecule has 0 N–H and O–H groups in total. The van der Waals surface area contributed by atoms with E-state index in [1.54, 1.807) is 0 Å². The van der Waals surface area contributed by atoms with Crippen LogP contribution in [0.4, 0.5) is 4.39 Å². The van der Waals surface area contributed by atoms with Gasteiger partial charge in [-0.3, -0.25) is 4.39 Å². The fraction of sp³-hybridized carbons (Fsp3) is 1.00. The predicted molar refractivity (Wildman–Crippen MR) is 68.3 cm³/mol. The van der Waals surface area contributed by atoms with Gasteiger partial charge in [0.2, 0.25) is 0 Å². The Kier molecular flexibility index (Phi) is 17.7. The van der Waals surface area contributed by atoms with Crippen molar-refractivity contribution < 1.29 is 51.7 Å². The maximum Gasteiger partial charge on any atom is 1.00 e. The van der Waals surface area contributed by atoms with Crippen LogP contribution in [0.5, 0.6) is 0 Å². The Balaban J connectivity index is 0. The number of rotatable bonds is 13. The first-order valence-electron chi connectivity index (χ1n) is 6.63. The van der Waals surface area contributed by atoms with Crippen molar-refractivity contribution in [3.8, 4) is 0 Å². The molecule has 0 heterocycles. The fourth-order valence-corrected chi connectivity index (χ4v) is 2.09. The monoisotopic (exact) mass is 306 g/mol. The summed E-state index contributed by atoms with van der Waals surface area (Å²) >= 11 is 0. The SMILES string of the molecule is O=S(=O)([O-])CCCOCCCCCCCCCF.[Na+]. The predicted octanol–water partition coefficient (Wildman–Crippen LogP) is -0.357. The number of ether oxygens (including phenoxy) is 1. The van der Waals surface area contributed by atoms with Crippen molar-refractivity contribution in [2.75, 3.05) is 25.6 Å². The molecule has 0 saturated carbocycles. The topological polar surface area (TPSA) is 66.4 Å². The zero-order chi connectivity index (χ0) is 13.7. The summed E-state index contributed by atoms with van der Waals surface area (Å²) in [5, 5.41) is 0. The van der Waals surface area contributed by atoms with Gasteiger partial charge in [0.25, 0.3) is 0 Å². The zero-order valence-electron chi connectivity index (χ0n) is 11.9. The van der Waals surface area contributed by atoms with E-state index >= 15 is 0 Å². The van der Waals surface area contributed by atoms with Crippen LogP contribution >= 0.6 is 0 Å². The summed E-state index contributed by atoms with van der Waals surface area (Å²) in [6.07, 6.45) is 7.30. The maximum absolute atomic E-state index is 11.8. The normalized spacial score (nSPS) is 11.3. The second-order valence-electron chi connectivity index (χ2n) is 4.39. The van der Waals surface area contributed by atoms with Crippen molar-refractivity contribution in [3.05, 3.63) is 0 Å². The summed E-state index contributed by atoms with van der Waals surface area (Å²) < 4.78 is 47.8. The van der Waals surface area contributed by atoms with Crippen LogP contribution in [0.2, 0.25) is 0 Å². The largest absolute Gasteiger partial charge is 1.00 e. The molecular formula is C12H24FNaO4S. The van der Waals surface area contributed by atoms with Crippen molar-refractivity contribution in [2.24, 2.45) is 0 Å². The molecule has 0 saturated heterocycles. The van der Waals surface area contributed by atoms with Crippen molar-refractivity contribution in [2.45, 2.75) is 51.4 Å². The van der Waals surface area contributed by atoms with Gasteiger partial charge in [-0.25, -0.2) is 8.42 Å². The van der Waals surface area contributed by atoms with Crippen LogP contribution in [0.25, 0.3) is 0 Å². The third kappa shape index (κ3) is 21.3. The summed E-state index contributed by atoms with van der Waals surface area (Å²) in [6.45, 7) is 0.730. The van der Waals surface area contributed by atoms with Gasteiger partial charge in [0.15, 0.2) is 0 Å². The third-order valence-corrected chi connectivity index (χ3v) is 3.39. The van der Waals surface area contributed by atoms with Gasteiger partial charge in [0.05, 0.1) is 16.8 Å². The van der Waals surface area contributed by atoms with Gasteiger partial charge in [0, 0.05) is 19.0 Å². The summed E-state index contributed by atoms with van der Waals surface area (Å²) in [4.78, 5) is 0. The van der Waals surface area contributed by atoms with Gasteiger partial charge in [-0.2, -0.15) is 0 Å². The first kappa shape index (κ1) is 22.1. The average molecular weight is 306 g/mol. The minimum absolute atomic E-state index is 0. The molecule has 0 aliphatic rings.